The van der Waals surface area contributed by atoms with Crippen LogP contribution in [0.25, 0.3) is 0 Å². The summed E-state index contributed by atoms with van der Waals surface area (Å²) in [5.41, 5.74) is 6.63. The highest BCUT2D eigenvalue weighted by molar-refractivity contribution is 5.78. The first kappa shape index (κ1) is 9.01. The molecule has 0 heterocycles. The average Bonchev–Trinajstić information content (AvgIpc) is 1.99. The Labute approximate surface area is 62.0 Å². The molecule has 0 amide bonds. The van der Waals surface area contributed by atoms with Gasteiger partial charge in [-0.05, 0) is 13.3 Å². The van der Waals surface area contributed by atoms with E-state index in [1.807, 2.05) is 13.1 Å². The molecule has 0 rings (SSSR count). The van der Waals surface area contributed by atoms with Gasteiger partial charge in [-0.25, -0.2) is 0 Å². The summed E-state index contributed by atoms with van der Waals surface area (Å²) >= 11 is 0. The van der Waals surface area contributed by atoms with E-state index >= 15 is 0 Å². The summed E-state index contributed by atoms with van der Waals surface area (Å²) in [4.78, 5) is 3.73. The SMILES string of the molecule is CC/C(C)=C\NC(N)=NC. The van der Waals surface area contributed by atoms with E-state index in [9.17, 15) is 0 Å². The lowest BCUT2D eigenvalue weighted by atomic mass is 10.3. The average molecular weight is 141 g/mol. The third kappa shape index (κ3) is 3.95. The van der Waals surface area contributed by atoms with Gasteiger partial charge in [0.05, 0.1) is 0 Å². The Morgan fingerprint density at radius 2 is 2.30 bits per heavy atom. The Morgan fingerprint density at radius 1 is 1.70 bits per heavy atom. The van der Waals surface area contributed by atoms with E-state index in [2.05, 4.69) is 17.2 Å². The van der Waals surface area contributed by atoms with Gasteiger partial charge >= 0.3 is 0 Å². The van der Waals surface area contributed by atoms with Crippen LogP contribution >= 0.6 is 0 Å². The minimum absolute atomic E-state index is 0.452. The van der Waals surface area contributed by atoms with Crippen molar-refractivity contribution in [1.82, 2.24) is 5.32 Å². The maximum absolute atomic E-state index is 5.37. The zero-order chi connectivity index (χ0) is 7.98. The summed E-state index contributed by atoms with van der Waals surface area (Å²) in [7, 11) is 1.65. The van der Waals surface area contributed by atoms with E-state index in [0.717, 1.165) is 6.42 Å². The minimum Gasteiger partial charge on any atom is -0.370 e. The number of allylic oxidation sites excluding steroid dienone is 1. The Balaban J connectivity index is 3.72. The van der Waals surface area contributed by atoms with E-state index in [4.69, 9.17) is 5.73 Å². The number of guanidine groups is 1. The van der Waals surface area contributed by atoms with Gasteiger partial charge in [0.1, 0.15) is 0 Å². The standard InChI is InChI=1S/C7H15N3/c1-4-6(2)5-10-7(8)9-3/h5H,4H2,1-3H3,(H3,8,9,10)/b6-5-. The third-order valence-electron chi connectivity index (χ3n) is 1.27. The van der Waals surface area contributed by atoms with E-state index in [0.29, 0.717) is 5.96 Å². The molecule has 3 heteroatoms. The van der Waals surface area contributed by atoms with Crippen LogP contribution in [0.1, 0.15) is 20.3 Å². The summed E-state index contributed by atoms with van der Waals surface area (Å²) in [6, 6.07) is 0. The highest BCUT2D eigenvalue weighted by Crippen LogP contribution is 1.93. The summed E-state index contributed by atoms with van der Waals surface area (Å²) in [6.45, 7) is 4.13. The normalized spacial score (nSPS) is 13.5. The van der Waals surface area contributed by atoms with Crippen LogP contribution in [0.15, 0.2) is 16.8 Å². The molecule has 0 spiro atoms. The van der Waals surface area contributed by atoms with E-state index < -0.39 is 0 Å². The first-order valence-electron chi connectivity index (χ1n) is 3.35. The maximum Gasteiger partial charge on any atom is 0.192 e. The molecule has 0 bridgehead atoms. The van der Waals surface area contributed by atoms with Crippen molar-refractivity contribution >= 4 is 5.96 Å². The topological polar surface area (TPSA) is 50.4 Å². The summed E-state index contributed by atoms with van der Waals surface area (Å²) in [6.07, 6.45) is 2.90. The molecular formula is C7H15N3. The van der Waals surface area contributed by atoms with Gasteiger partial charge in [0, 0.05) is 13.2 Å². The monoisotopic (exact) mass is 141 g/mol. The van der Waals surface area contributed by atoms with Crippen LogP contribution in [0.3, 0.4) is 0 Å². The Morgan fingerprint density at radius 3 is 2.70 bits per heavy atom. The van der Waals surface area contributed by atoms with Crippen molar-refractivity contribution in [2.45, 2.75) is 20.3 Å². The van der Waals surface area contributed by atoms with Gasteiger partial charge in [-0.15, -0.1) is 0 Å². The van der Waals surface area contributed by atoms with Gasteiger partial charge in [0.15, 0.2) is 5.96 Å². The van der Waals surface area contributed by atoms with Crippen molar-refractivity contribution in [2.24, 2.45) is 10.7 Å². The van der Waals surface area contributed by atoms with Crippen LogP contribution in [0.4, 0.5) is 0 Å². The highest BCUT2D eigenvalue weighted by Gasteiger charge is 1.84. The molecule has 3 N–H and O–H groups in total. The number of aliphatic imine (C=N–C) groups is 1. The van der Waals surface area contributed by atoms with Gasteiger partial charge < -0.3 is 11.1 Å². The van der Waals surface area contributed by atoms with Gasteiger partial charge in [-0.3, -0.25) is 4.99 Å². The Bertz CT molecular complexity index is 147. The number of hydrogen-bond acceptors (Lipinski definition) is 1. The summed E-state index contributed by atoms with van der Waals surface area (Å²) < 4.78 is 0. The van der Waals surface area contributed by atoms with E-state index in [1.54, 1.807) is 7.05 Å². The highest BCUT2D eigenvalue weighted by atomic mass is 15.1. The fraction of sp³-hybridized carbons (Fsp3) is 0.571. The molecule has 0 aliphatic heterocycles. The largest absolute Gasteiger partial charge is 0.370 e. The number of nitrogens with zero attached hydrogens (tertiary/aromatic N) is 1. The predicted molar refractivity (Wildman–Crippen MR) is 44.7 cm³/mol. The van der Waals surface area contributed by atoms with E-state index in [1.165, 1.54) is 5.57 Å². The fourth-order valence-corrected chi connectivity index (χ4v) is 0.364. The molecule has 0 aliphatic rings. The molecule has 0 atom stereocenters. The molecule has 0 unspecified atom stereocenters. The molecule has 0 aromatic rings. The van der Waals surface area contributed by atoms with Gasteiger partial charge in [-0.1, -0.05) is 12.5 Å². The van der Waals surface area contributed by atoms with Crippen LogP contribution in [-0.2, 0) is 0 Å². The molecule has 3 nitrogen and oxygen atoms in total. The predicted octanol–water partition coefficient (Wildman–Crippen LogP) is 0.834. The van der Waals surface area contributed by atoms with Crippen molar-refractivity contribution in [1.29, 1.82) is 0 Å². The molecular weight excluding hydrogens is 126 g/mol. The van der Waals surface area contributed by atoms with Crippen LogP contribution in [-0.4, -0.2) is 13.0 Å². The lowest BCUT2D eigenvalue weighted by Gasteiger charge is -1.98. The van der Waals surface area contributed by atoms with Crippen LogP contribution in [0, 0.1) is 0 Å². The van der Waals surface area contributed by atoms with Crippen molar-refractivity contribution < 1.29 is 0 Å². The zero-order valence-corrected chi connectivity index (χ0v) is 6.81. The fourth-order valence-electron chi connectivity index (χ4n) is 0.364. The molecule has 0 aromatic heterocycles. The second-order valence-corrected chi connectivity index (χ2v) is 2.10. The summed E-state index contributed by atoms with van der Waals surface area (Å²) in [5, 5.41) is 2.85. The van der Waals surface area contributed by atoms with Gasteiger partial charge in [0.2, 0.25) is 0 Å². The van der Waals surface area contributed by atoms with Gasteiger partial charge in [-0.2, -0.15) is 0 Å². The molecule has 0 saturated heterocycles. The molecule has 10 heavy (non-hydrogen) atoms. The number of rotatable bonds is 2. The first-order valence-corrected chi connectivity index (χ1v) is 3.35. The molecule has 58 valence electrons. The lowest BCUT2D eigenvalue weighted by Crippen LogP contribution is -2.26. The van der Waals surface area contributed by atoms with Crippen LogP contribution in [0.2, 0.25) is 0 Å². The Kier molecular flexibility index (Phi) is 4.37. The van der Waals surface area contributed by atoms with Gasteiger partial charge in [0.25, 0.3) is 0 Å². The van der Waals surface area contributed by atoms with Crippen molar-refractivity contribution in [3.8, 4) is 0 Å². The second-order valence-electron chi connectivity index (χ2n) is 2.10. The van der Waals surface area contributed by atoms with Crippen LogP contribution < -0.4 is 11.1 Å². The van der Waals surface area contributed by atoms with Crippen molar-refractivity contribution in [2.75, 3.05) is 7.05 Å². The number of hydrogen-bond donors (Lipinski definition) is 2. The molecule has 0 fully saturated rings. The summed E-state index contributed by atoms with van der Waals surface area (Å²) in [5.74, 6) is 0.452. The minimum atomic E-state index is 0.452. The molecule has 0 saturated carbocycles. The molecule has 0 aromatic carbocycles. The third-order valence-corrected chi connectivity index (χ3v) is 1.27. The first-order chi connectivity index (χ1) is 4.70. The van der Waals surface area contributed by atoms with Crippen LogP contribution in [0.5, 0.6) is 0 Å². The zero-order valence-electron chi connectivity index (χ0n) is 6.81. The number of nitrogens with two attached hydrogens (primary N) is 1. The van der Waals surface area contributed by atoms with E-state index in [-0.39, 0.29) is 0 Å². The second kappa shape index (κ2) is 4.85. The maximum atomic E-state index is 5.37. The smallest absolute Gasteiger partial charge is 0.192 e. The quantitative estimate of drug-likeness (QED) is 0.442. The van der Waals surface area contributed by atoms with Crippen molar-refractivity contribution in [3.05, 3.63) is 11.8 Å². The van der Waals surface area contributed by atoms with Crippen molar-refractivity contribution in [3.63, 3.8) is 0 Å². The molecule has 0 aliphatic carbocycles. The number of nitrogens with one attached hydrogen (secondary N) is 1. The lowest BCUT2D eigenvalue weighted by molar-refractivity contribution is 1.05. The molecule has 0 radical (unpaired) electrons. The Hall–Kier alpha value is -0.990.